The lowest BCUT2D eigenvalue weighted by Crippen LogP contribution is -2.24. The van der Waals surface area contributed by atoms with Gasteiger partial charge in [0.25, 0.3) is 0 Å². The predicted octanol–water partition coefficient (Wildman–Crippen LogP) is 3.10. The number of hydrogen-bond acceptors (Lipinski definition) is 2. The van der Waals surface area contributed by atoms with Crippen LogP contribution in [0.25, 0.3) is 6.08 Å². The van der Waals surface area contributed by atoms with Gasteiger partial charge in [0, 0.05) is 18.2 Å². The molecule has 1 aromatic rings. The average molecular weight is 219 g/mol. The molecule has 0 aliphatic carbocycles. The van der Waals surface area contributed by atoms with Crippen LogP contribution in [0.5, 0.6) is 5.75 Å². The Morgan fingerprint density at radius 2 is 2.12 bits per heavy atom. The van der Waals surface area contributed by atoms with Crippen LogP contribution in [-0.2, 0) is 0 Å². The van der Waals surface area contributed by atoms with E-state index < -0.39 is 0 Å². The van der Waals surface area contributed by atoms with E-state index in [1.165, 1.54) is 0 Å². The zero-order valence-corrected chi connectivity index (χ0v) is 10.4. The van der Waals surface area contributed by atoms with Crippen LogP contribution in [0, 0.1) is 0 Å². The van der Waals surface area contributed by atoms with Crippen LogP contribution in [-0.4, -0.2) is 19.7 Å². The minimum Gasteiger partial charge on any atom is -0.496 e. The second-order valence-electron chi connectivity index (χ2n) is 3.86. The van der Waals surface area contributed by atoms with Gasteiger partial charge in [-0.05, 0) is 19.4 Å². The Morgan fingerprint density at radius 3 is 2.81 bits per heavy atom. The lowest BCUT2D eigenvalue weighted by atomic mass is 10.2. The standard InChI is InChI=1S/C14H21NO/c1-4-12(2)15-11-7-9-13-8-5-6-10-14(13)16-3/h5-10,12,15H,4,11H2,1-3H3/b9-7+. The topological polar surface area (TPSA) is 21.3 Å². The second-order valence-corrected chi connectivity index (χ2v) is 3.86. The molecule has 0 aliphatic heterocycles. The van der Waals surface area contributed by atoms with Crippen molar-refractivity contribution in [3.05, 3.63) is 35.9 Å². The van der Waals surface area contributed by atoms with E-state index in [2.05, 4.69) is 37.4 Å². The predicted molar refractivity (Wildman–Crippen MR) is 69.8 cm³/mol. The molecule has 1 unspecified atom stereocenters. The highest BCUT2D eigenvalue weighted by molar-refractivity contribution is 5.57. The summed E-state index contributed by atoms with van der Waals surface area (Å²) in [7, 11) is 1.70. The summed E-state index contributed by atoms with van der Waals surface area (Å²) in [6.45, 7) is 5.27. The third-order valence-corrected chi connectivity index (χ3v) is 2.63. The molecule has 0 aliphatic rings. The number of hydrogen-bond donors (Lipinski definition) is 1. The molecular formula is C14H21NO. The van der Waals surface area contributed by atoms with Gasteiger partial charge in [-0.3, -0.25) is 0 Å². The molecule has 0 heterocycles. The lowest BCUT2D eigenvalue weighted by Gasteiger charge is -2.08. The quantitative estimate of drug-likeness (QED) is 0.793. The van der Waals surface area contributed by atoms with Crippen molar-refractivity contribution in [2.75, 3.05) is 13.7 Å². The fourth-order valence-corrected chi connectivity index (χ4v) is 1.40. The summed E-state index contributed by atoms with van der Waals surface area (Å²) >= 11 is 0. The molecule has 2 nitrogen and oxygen atoms in total. The van der Waals surface area contributed by atoms with Crippen LogP contribution >= 0.6 is 0 Å². The van der Waals surface area contributed by atoms with Crippen molar-refractivity contribution in [2.24, 2.45) is 0 Å². The highest BCUT2D eigenvalue weighted by Gasteiger charge is 1.96. The lowest BCUT2D eigenvalue weighted by molar-refractivity contribution is 0.414. The minimum atomic E-state index is 0.572. The first-order chi connectivity index (χ1) is 7.77. The van der Waals surface area contributed by atoms with Gasteiger partial charge < -0.3 is 10.1 Å². The summed E-state index contributed by atoms with van der Waals surface area (Å²) in [6, 6.07) is 8.60. The minimum absolute atomic E-state index is 0.572. The van der Waals surface area contributed by atoms with Gasteiger partial charge >= 0.3 is 0 Å². The van der Waals surface area contributed by atoms with Crippen molar-refractivity contribution < 1.29 is 4.74 Å². The molecule has 0 spiro atoms. The van der Waals surface area contributed by atoms with Crippen molar-refractivity contribution >= 4 is 6.08 Å². The number of ether oxygens (including phenoxy) is 1. The number of methoxy groups -OCH3 is 1. The van der Waals surface area contributed by atoms with Gasteiger partial charge in [0.2, 0.25) is 0 Å². The first-order valence-corrected chi connectivity index (χ1v) is 5.80. The van der Waals surface area contributed by atoms with Crippen LogP contribution < -0.4 is 10.1 Å². The SMILES string of the molecule is CCC(C)NC/C=C/c1ccccc1OC. The summed E-state index contributed by atoms with van der Waals surface area (Å²) in [4.78, 5) is 0. The molecule has 0 aromatic heterocycles. The maximum absolute atomic E-state index is 5.27. The first kappa shape index (κ1) is 12.8. The Balaban J connectivity index is 2.49. The maximum atomic E-state index is 5.27. The number of nitrogens with one attached hydrogen (secondary N) is 1. The second kappa shape index (κ2) is 7.07. The van der Waals surface area contributed by atoms with Crippen LogP contribution in [0.3, 0.4) is 0 Å². The molecule has 2 heteroatoms. The molecule has 0 saturated heterocycles. The van der Waals surface area contributed by atoms with Gasteiger partial charge in [-0.2, -0.15) is 0 Å². The summed E-state index contributed by atoms with van der Waals surface area (Å²) in [6.07, 6.45) is 5.38. The molecule has 88 valence electrons. The zero-order valence-electron chi connectivity index (χ0n) is 10.4. The van der Waals surface area contributed by atoms with Gasteiger partial charge in [0.05, 0.1) is 7.11 Å². The Bertz CT molecular complexity index is 333. The largest absolute Gasteiger partial charge is 0.496 e. The number of rotatable bonds is 6. The molecule has 0 amide bonds. The maximum Gasteiger partial charge on any atom is 0.126 e. The van der Waals surface area contributed by atoms with E-state index in [9.17, 15) is 0 Å². The molecule has 1 atom stereocenters. The molecule has 0 bridgehead atoms. The number of para-hydroxylation sites is 1. The Kier molecular flexibility index (Phi) is 5.65. The third-order valence-electron chi connectivity index (χ3n) is 2.63. The molecule has 1 rings (SSSR count). The first-order valence-electron chi connectivity index (χ1n) is 5.80. The van der Waals surface area contributed by atoms with Gasteiger partial charge in [-0.15, -0.1) is 0 Å². The normalized spacial score (nSPS) is 12.9. The summed E-state index contributed by atoms with van der Waals surface area (Å²) < 4.78 is 5.27. The van der Waals surface area contributed by atoms with Crippen molar-refractivity contribution in [1.29, 1.82) is 0 Å². The zero-order chi connectivity index (χ0) is 11.8. The van der Waals surface area contributed by atoms with E-state index >= 15 is 0 Å². The molecular weight excluding hydrogens is 198 g/mol. The highest BCUT2D eigenvalue weighted by atomic mass is 16.5. The summed E-state index contributed by atoms with van der Waals surface area (Å²) in [5, 5.41) is 3.41. The van der Waals surface area contributed by atoms with E-state index in [0.29, 0.717) is 6.04 Å². The van der Waals surface area contributed by atoms with Crippen LogP contribution in [0.15, 0.2) is 30.3 Å². The van der Waals surface area contributed by atoms with Gasteiger partial charge in [0.15, 0.2) is 0 Å². The van der Waals surface area contributed by atoms with E-state index in [0.717, 1.165) is 24.3 Å². The van der Waals surface area contributed by atoms with Crippen LogP contribution in [0.4, 0.5) is 0 Å². The molecule has 1 N–H and O–H groups in total. The van der Waals surface area contributed by atoms with E-state index in [1.54, 1.807) is 7.11 Å². The van der Waals surface area contributed by atoms with Crippen molar-refractivity contribution in [3.8, 4) is 5.75 Å². The van der Waals surface area contributed by atoms with Crippen LogP contribution in [0.1, 0.15) is 25.8 Å². The smallest absolute Gasteiger partial charge is 0.126 e. The average Bonchev–Trinajstić information content (AvgIpc) is 2.34. The number of benzene rings is 1. The van der Waals surface area contributed by atoms with Crippen molar-refractivity contribution in [3.63, 3.8) is 0 Å². The van der Waals surface area contributed by atoms with E-state index in [-0.39, 0.29) is 0 Å². The Hall–Kier alpha value is -1.28. The Labute approximate surface area is 98.3 Å². The van der Waals surface area contributed by atoms with Gasteiger partial charge in [-0.1, -0.05) is 37.3 Å². The van der Waals surface area contributed by atoms with Gasteiger partial charge in [-0.25, -0.2) is 0 Å². The molecule has 16 heavy (non-hydrogen) atoms. The molecule has 0 radical (unpaired) electrons. The molecule has 0 saturated carbocycles. The molecule has 0 fully saturated rings. The third kappa shape index (κ3) is 4.07. The van der Waals surface area contributed by atoms with Crippen molar-refractivity contribution in [1.82, 2.24) is 5.32 Å². The fourth-order valence-electron chi connectivity index (χ4n) is 1.40. The highest BCUT2D eigenvalue weighted by Crippen LogP contribution is 2.18. The summed E-state index contributed by atoms with van der Waals surface area (Å²) in [5.41, 5.74) is 1.12. The summed E-state index contributed by atoms with van der Waals surface area (Å²) in [5.74, 6) is 0.919. The molecule has 1 aromatic carbocycles. The van der Waals surface area contributed by atoms with Crippen LogP contribution in [0.2, 0.25) is 0 Å². The van der Waals surface area contributed by atoms with E-state index in [1.807, 2.05) is 18.2 Å². The van der Waals surface area contributed by atoms with E-state index in [4.69, 9.17) is 4.74 Å². The monoisotopic (exact) mass is 219 g/mol. The Morgan fingerprint density at radius 1 is 1.38 bits per heavy atom. The van der Waals surface area contributed by atoms with Gasteiger partial charge in [0.1, 0.15) is 5.75 Å². The fraction of sp³-hybridized carbons (Fsp3) is 0.429. The van der Waals surface area contributed by atoms with Crippen molar-refractivity contribution in [2.45, 2.75) is 26.3 Å².